The number of nitrogens with one attached hydrogen (secondary N) is 2. The van der Waals surface area contributed by atoms with Crippen molar-refractivity contribution in [3.05, 3.63) is 28.7 Å². The van der Waals surface area contributed by atoms with Gasteiger partial charge in [-0.05, 0) is 44.5 Å². The third-order valence-corrected chi connectivity index (χ3v) is 3.45. The molecule has 2 N–H and O–H groups in total. The van der Waals surface area contributed by atoms with Gasteiger partial charge in [0.2, 0.25) is 5.91 Å². The van der Waals surface area contributed by atoms with E-state index in [0.29, 0.717) is 0 Å². The monoisotopic (exact) mass is 282 g/mol. The summed E-state index contributed by atoms with van der Waals surface area (Å²) in [7, 11) is 0. The van der Waals surface area contributed by atoms with Gasteiger partial charge < -0.3 is 10.6 Å². The van der Waals surface area contributed by atoms with Crippen LogP contribution >= 0.6 is 15.9 Å². The van der Waals surface area contributed by atoms with E-state index in [4.69, 9.17) is 0 Å². The average Bonchev–Trinajstić information content (AvgIpc) is 2.66. The molecule has 0 radical (unpaired) electrons. The Bertz CT molecular complexity index is 400. The molecule has 1 aliphatic heterocycles. The molecular formula is C12H15BrN2O. The third kappa shape index (κ3) is 2.44. The zero-order valence-corrected chi connectivity index (χ0v) is 10.8. The van der Waals surface area contributed by atoms with E-state index in [0.717, 1.165) is 29.5 Å². The van der Waals surface area contributed by atoms with Gasteiger partial charge in [0.05, 0.1) is 5.54 Å². The zero-order chi connectivity index (χ0) is 11.6. The van der Waals surface area contributed by atoms with E-state index in [1.54, 1.807) is 0 Å². The summed E-state index contributed by atoms with van der Waals surface area (Å²) in [6, 6.07) is 7.63. The number of rotatable bonds is 2. The minimum absolute atomic E-state index is 0.0445. The van der Waals surface area contributed by atoms with Crippen molar-refractivity contribution < 1.29 is 4.79 Å². The molecular weight excluding hydrogens is 268 g/mol. The highest BCUT2D eigenvalue weighted by Gasteiger charge is 2.35. The van der Waals surface area contributed by atoms with Crippen molar-refractivity contribution >= 4 is 27.5 Å². The number of anilines is 1. The largest absolute Gasteiger partial charge is 0.324 e. The summed E-state index contributed by atoms with van der Waals surface area (Å²) in [5, 5.41) is 6.18. The molecule has 1 aromatic rings. The first-order valence-corrected chi connectivity index (χ1v) is 6.21. The van der Waals surface area contributed by atoms with Crippen LogP contribution in [0.3, 0.4) is 0 Å². The maximum absolute atomic E-state index is 12.1. The number of halogens is 1. The Kier molecular flexibility index (Phi) is 3.30. The van der Waals surface area contributed by atoms with Crippen molar-refractivity contribution in [3.63, 3.8) is 0 Å². The highest BCUT2D eigenvalue weighted by molar-refractivity contribution is 9.10. The molecule has 1 atom stereocenters. The normalized spacial score (nSPS) is 24.4. The van der Waals surface area contributed by atoms with Gasteiger partial charge in [-0.3, -0.25) is 4.79 Å². The van der Waals surface area contributed by atoms with Gasteiger partial charge in [-0.2, -0.15) is 0 Å². The summed E-state index contributed by atoms with van der Waals surface area (Å²) in [6.45, 7) is 2.87. The number of carbonyl (C=O) groups excluding carboxylic acids is 1. The lowest BCUT2D eigenvalue weighted by Gasteiger charge is -2.23. The van der Waals surface area contributed by atoms with Crippen LogP contribution < -0.4 is 10.6 Å². The fraction of sp³-hybridized carbons (Fsp3) is 0.417. The number of hydrogen-bond donors (Lipinski definition) is 2. The maximum atomic E-state index is 12.1. The van der Waals surface area contributed by atoms with E-state index in [1.807, 2.05) is 31.2 Å². The Hall–Kier alpha value is -0.870. The summed E-state index contributed by atoms with van der Waals surface area (Å²) in [5.74, 6) is 0.0445. The van der Waals surface area contributed by atoms with Crippen LogP contribution in [0.15, 0.2) is 28.7 Å². The second-order valence-corrected chi connectivity index (χ2v) is 5.24. The molecule has 1 amide bonds. The van der Waals surface area contributed by atoms with E-state index in [2.05, 4.69) is 26.6 Å². The summed E-state index contributed by atoms with van der Waals surface area (Å²) in [5.41, 5.74) is 0.414. The number of hydrogen-bond acceptors (Lipinski definition) is 2. The lowest BCUT2D eigenvalue weighted by Crippen LogP contribution is -2.47. The van der Waals surface area contributed by atoms with E-state index in [-0.39, 0.29) is 5.91 Å². The molecule has 0 saturated carbocycles. The van der Waals surface area contributed by atoms with Crippen molar-refractivity contribution in [3.8, 4) is 0 Å². The molecule has 1 aliphatic rings. The van der Waals surface area contributed by atoms with Crippen LogP contribution in [0, 0.1) is 0 Å². The fourth-order valence-electron chi connectivity index (χ4n) is 1.92. The molecule has 0 aromatic heterocycles. The SMILES string of the molecule is CC1(C(=O)Nc2cccc(Br)c2)CCCN1. The lowest BCUT2D eigenvalue weighted by atomic mass is 9.99. The van der Waals surface area contributed by atoms with E-state index in [1.165, 1.54) is 0 Å². The summed E-state index contributed by atoms with van der Waals surface area (Å²) >= 11 is 3.38. The summed E-state index contributed by atoms with van der Waals surface area (Å²) < 4.78 is 0.967. The van der Waals surface area contributed by atoms with Gasteiger partial charge in [-0.15, -0.1) is 0 Å². The van der Waals surface area contributed by atoms with Crippen molar-refractivity contribution in [1.82, 2.24) is 5.32 Å². The quantitative estimate of drug-likeness (QED) is 0.875. The molecule has 2 rings (SSSR count). The minimum atomic E-state index is -0.414. The second-order valence-electron chi connectivity index (χ2n) is 4.33. The number of benzene rings is 1. The van der Waals surface area contributed by atoms with Crippen LogP contribution in [-0.2, 0) is 4.79 Å². The first-order valence-electron chi connectivity index (χ1n) is 5.42. The van der Waals surface area contributed by atoms with Gasteiger partial charge in [-0.25, -0.2) is 0 Å². The van der Waals surface area contributed by atoms with Crippen LogP contribution in [-0.4, -0.2) is 18.0 Å². The Morgan fingerprint density at radius 1 is 1.56 bits per heavy atom. The molecule has 4 heteroatoms. The Labute approximate surface area is 104 Å². The minimum Gasteiger partial charge on any atom is -0.324 e. The third-order valence-electron chi connectivity index (χ3n) is 2.95. The van der Waals surface area contributed by atoms with E-state index < -0.39 is 5.54 Å². The van der Waals surface area contributed by atoms with Gasteiger partial charge in [0, 0.05) is 10.2 Å². The predicted molar refractivity (Wildman–Crippen MR) is 68.4 cm³/mol. The molecule has 1 heterocycles. The first-order chi connectivity index (χ1) is 7.60. The van der Waals surface area contributed by atoms with Gasteiger partial charge in [0.25, 0.3) is 0 Å². The Balaban J connectivity index is 2.07. The van der Waals surface area contributed by atoms with Crippen LogP contribution in [0.5, 0.6) is 0 Å². The van der Waals surface area contributed by atoms with Gasteiger partial charge in [-0.1, -0.05) is 22.0 Å². The first kappa shape index (κ1) is 11.6. The molecule has 1 aromatic carbocycles. The predicted octanol–water partition coefficient (Wildman–Crippen LogP) is 2.53. The van der Waals surface area contributed by atoms with E-state index in [9.17, 15) is 4.79 Å². The van der Waals surface area contributed by atoms with Crippen LogP contribution in [0.25, 0.3) is 0 Å². The Morgan fingerprint density at radius 2 is 2.38 bits per heavy atom. The topological polar surface area (TPSA) is 41.1 Å². The van der Waals surface area contributed by atoms with Gasteiger partial charge >= 0.3 is 0 Å². The van der Waals surface area contributed by atoms with Crippen LogP contribution in [0.2, 0.25) is 0 Å². The standard InChI is InChI=1S/C12H15BrN2O/c1-12(6-3-7-14-12)11(16)15-10-5-2-4-9(13)8-10/h2,4-5,8,14H,3,6-7H2,1H3,(H,15,16). The summed E-state index contributed by atoms with van der Waals surface area (Å²) in [4.78, 5) is 12.1. The van der Waals surface area contributed by atoms with Gasteiger partial charge in [0.15, 0.2) is 0 Å². The molecule has 0 spiro atoms. The molecule has 86 valence electrons. The van der Waals surface area contributed by atoms with Crippen LogP contribution in [0.1, 0.15) is 19.8 Å². The molecule has 0 aliphatic carbocycles. The molecule has 16 heavy (non-hydrogen) atoms. The smallest absolute Gasteiger partial charge is 0.244 e. The molecule has 0 bridgehead atoms. The average molecular weight is 283 g/mol. The lowest BCUT2D eigenvalue weighted by molar-refractivity contribution is -0.121. The Morgan fingerprint density at radius 3 is 3.00 bits per heavy atom. The van der Waals surface area contributed by atoms with E-state index >= 15 is 0 Å². The molecule has 1 fully saturated rings. The maximum Gasteiger partial charge on any atom is 0.244 e. The van der Waals surface area contributed by atoms with Crippen molar-refractivity contribution in [2.75, 3.05) is 11.9 Å². The zero-order valence-electron chi connectivity index (χ0n) is 9.22. The highest BCUT2D eigenvalue weighted by atomic mass is 79.9. The van der Waals surface area contributed by atoms with Crippen molar-refractivity contribution in [1.29, 1.82) is 0 Å². The summed E-state index contributed by atoms with van der Waals surface area (Å²) in [6.07, 6.45) is 1.95. The van der Waals surface area contributed by atoms with Crippen LogP contribution in [0.4, 0.5) is 5.69 Å². The highest BCUT2D eigenvalue weighted by Crippen LogP contribution is 2.22. The number of carbonyl (C=O) groups is 1. The van der Waals surface area contributed by atoms with Crippen molar-refractivity contribution in [2.24, 2.45) is 0 Å². The molecule has 3 nitrogen and oxygen atoms in total. The van der Waals surface area contributed by atoms with Gasteiger partial charge in [0.1, 0.15) is 0 Å². The second kappa shape index (κ2) is 4.55. The molecule has 1 saturated heterocycles. The fourth-order valence-corrected chi connectivity index (χ4v) is 2.32. The molecule has 1 unspecified atom stereocenters. The van der Waals surface area contributed by atoms with Crippen molar-refractivity contribution in [2.45, 2.75) is 25.3 Å². The number of amides is 1.